The molecular formula is C12H17N3. The summed E-state index contributed by atoms with van der Waals surface area (Å²) in [7, 11) is 4.15. The van der Waals surface area contributed by atoms with Crippen molar-refractivity contribution in [3.05, 3.63) is 35.7 Å². The topological polar surface area (TPSA) is 20.5 Å². The van der Waals surface area contributed by atoms with Crippen LogP contribution in [0.3, 0.4) is 0 Å². The summed E-state index contributed by atoms with van der Waals surface area (Å²) in [4.78, 5) is 2.16. The van der Waals surface area contributed by atoms with Gasteiger partial charge in [-0.1, -0.05) is 13.0 Å². The monoisotopic (exact) mass is 203 g/mol. The molecule has 80 valence electrons. The van der Waals surface area contributed by atoms with Crippen LogP contribution in [0.5, 0.6) is 0 Å². The number of aromatic nitrogens is 2. The van der Waals surface area contributed by atoms with Crippen LogP contribution < -0.4 is 0 Å². The van der Waals surface area contributed by atoms with E-state index in [1.54, 1.807) is 0 Å². The van der Waals surface area contributed by atoms with Crippen LogP contribution in [-0.4, -0.2) is 28.6 Å². The Kier molecular flexibility index (Phi) is 2.73. The first-order valence-corrected chi connectivity index (χ1v) is 5.30. The van der Waals surface area contributed by atoms with Gasteiger partial charge in [-0.2, -0.15) is 5.10 Å². The summed E-state index contributed by atoms with van der Waals surface area (Å²) in [5.74, 6) is 0. The lowest BCUT2D eigenvalue weighted by Crippen LogP contribution is -2.11. The number of rotatable bonds is 3. The summed E-state index contributed by atoms with van der Waals surface area (Å²) in [6.45, 7) is 3.11. The molecule has 0 atom stereocenters. The second-order valence-corrected chi connectivity index (χ2v) is 4.13. The van der Waals surface area contributed by atoms with Crippen LogP contribution in [0, 0.1) is 0 Å². The molecule has 0 spiro atoms. The van der Waals surface area contributed by atoms with Crippen LogP contribution in [0.4, 0.5) is 0 Å². The predicted octanol–water partition coefficient (Wildman–Crippen LogP) is 1.96. The van der Waals surface area contributed by atoms with Crippen molar-refractivity contribution in [2.75, 3.05) is 14.1 Å². The Morgan fingerprint density at radius 1 is 1.33 bits per heavy atom. The largest absolute Gasteiger partial charge is 0.305 e. The van der Waals surface area contributed by atoms with Crippen molar-refractivity contribution < 1.29 is 0 Å². The van der Waals surface area contributed by atoms with E-state index in [9.17, 15) is 0 Å². The molecule has 2 aromatic rings. The summed E-state index contributed by atoms with van der Waals surface area (Å²) in [6.07, 6.45) is 5.10. The lowest BCUT2D eigenvalue weighted by Gasteiger charge is -2.09. The van der Waals surface area contributed by atoms with Gasteiger partial charge < -0.3 is 4.90 Å². The van der Waals surface area contributed by atoms with E-state index < -0.39 is 0 Å². The van der Waals surface area contributed by atoms with Gasteiger partial charge in [0.15, 0.2) is 0 Å². The lowest BCUT2D eigenvalue weighted by atomic mass is 10.2. The summed E-state index contributed by atoms with van der Waals surface area (Å²) >= 11 is 0. The van der Waals surface area contributed by atoms with E-state index in [1.165, 1.54) is 16.6 Å². The molecule has 0 radical (unpaired) electrons. The molecule has 0 unspecified atom stereocenters. The third-order valence-corrected chi connectivity index (χ3v) is 2.54. The summed E-state index contributed by atoms with van der Waals surface area (Å²) < 4.78 is 1.97. The molecule has 0 amide bonds. The van der Waals surface area contributed by atoms with Gasteiger partial charge >= 0.3 is 0 Å². The van der Waals surface area contributed by atoms with Gasteiger partial charge in [0.05, 0.1) is 11.7 Å². The molecule has 0 saturated carbocycles. The van der Waals surface area contributed by atoms with Gasteiger partial charge in [0.2, 0.25) is 0 Å². The van der Waals surface area contributed by atoms with E-state index in [4.69, 9.17) is 0 Å². The average molecular weight is 203 g/mol. The normalized spacial score (nSPS) is 11.5. The summed E-state index contributed by atoms with van der Waals surface area (Å²) in [5.41, 5.74) is 3.82. The zero-order valence-corrected chi connectivity index (χ0v) is 9.57. The second kappa shape index (κ2) is 4.03. The van der Waals surface area contributed by atoms with E-state index in [-0.39, 0.29) is 0 Å². The Balaban J connectivity index is 2.39. The van der Waals surface area contributed by atoms with Gasteiger partial charge in [0, 0.05) is 12.7 Å². The number of hydrogen-bond acceptors (Lipinski definition) is 2. The van der Waals surface area contributed by atoms with E-state index in [0.717, 1.165) is 13.0 Å². The highest BCUT2D eigenvalue weighted by molar-refractivity contribution is 5.54. The van der Waals surface area contributed by atoms with Crippen LogP contribution in [0.1, 0.15) is 18.1 Å². The third kappa shape index (κ3) is 2.02. The molecule has 2 heterocycles. The van der Waals surface area contributed by atoms with Gasteiger partial charge in [0.25, 0.3) is 0 Å². The molecule has 2 aromatic heterocycles. The van der Waals surface area contributed by atoms with Crippen molar-refractivity contribution in [3.8, 4) is 0 Å². The number of fused-ring (bicyclic) bond motifs is 1. The molecule has 0 aliphatic carbocycles. The molecule has 3 nitrogen and oxygen atoms in total. The van der Waals surface area contributed by atoms with Gasteiger partial charge in [-0.25, -0.2) is 4.52 Å². The molecule has 0 N–H and O–H groups in total. The Labute approximate surface area is 90.3 Å². The number of pyridine rings is 1. The van der Waals surface area contributed by atoms with Crippen molar-refractivity contribution in [1.29, 1.82) is 0 Å². The van der Waals surface area contributed by atoms with Gasteiger partial charge in [-0.15, -0.1) is 0 Å². The Morgan fingerprint density at radius 2 is 2.13 bits per heavy atom. The van der Waals surface area contributed by atoms with Crippen LogP contribution in [0.2, 0.25) is 0 Å². The minimum absolute atomic E-state index is 0.956. The molecule has 3 heteroatoms. The fraction of sp³-hybridized carbons (Fsp3) is 0.417. The molecule has 2 rings (SSSR count). The van der Waals surface area contributed by atoms with Gasteiger partial charge in [0.1, 0.15) is 0 Å². The highest BCUT2D eigenvalue weighted by atomic mass is 15.2. The first-order chi connectivity index (χ1) is 7.20. The second-order valence-electron chi connectivity index (χ2n) is 4.13. The zero-order chi connectivity index (χ0) is 10.8. The van der Waals surface area contributed by atoms with Crippen LogP contribution >= 0.6 is 0 Å². The average Bonchev–Trinajstić information content (AvgIpc) is 2.58. The molecule has 0 aliphatic heterocycles. The van der Waals surface area contributed by atoms with Crippen molar-refractivity contribution >= 4 is 5.52 Å². The quantitative estimate of drug-likeness (QED) is 0.760. The van der Waals surface area contributed by atoms with E-state index in [0.29, 0.717) is 0 Å². The van der Waals surface area contributed by atoms with Gasteiger partial charge in [-0.3, -0.25) is 0 Å². The predicted molar refractivity (Wildman–Crippen MR) is 62.0 cm³/mol. The molecule has 0 aliphatic rings. The molecule has 0 aromatic carbocycles. The van der Waals surface area contributed by atoms with Crippen molar-refractivity contribution in [2.24, 2.45) is 0 Å². The van der Waals surface area contributed by atoms with E-state index in [1.807, 2.05) is 10.7 Å². The van der Waals surface area contributed by atoms with Crippen molar-refractivity contribution in [2.45, 2.75) is 19.9 Å². The lowest BCUT2D eigenvalue weighted by molar-refractivity contribution is 0.401. The molecule has 0 saturated heterocycles. The minimum atomic E-state index is 0.956. The zero-order valence-electron chi connectivity index (χ0n) is 9.57. The number of hydrogen-bond donors (Lipinski definition) is 0. The van der Waals surface area contributed by atoms with E-state index >= 15 is 0 Å². The SMILES string of the molecule is CCc1cnn2cc(CN(C)C)ccc12. The number of nitrogens with zero attached hydrogens (tertiary/aromatic N) is 3. The number of aryl methyl sites for hydroxylation is 1. The van der Waals surface area contributed by atoms with Crippen molar-refractivity contribution in [3.63, 3.8) is 0 Å². The molecule has 0 fully saturated rings. The maximum Gasteiger partial charge on any atom is 0.0693 e. The molecular weight excluding hydrogens is 186 g/mol. The van der Waals surface area contributed by atoms with Crippen LogP contribution in [-0.2, 0) is 13.0 Å². The first-order valence-electron chi connectivity index (χ1n) is 5.30. The van der Waals surface area contributed by atoms with Gasteiger partial charge in [-0.05, 0) is 37.7 Å². The smallest absolute Gasteiger partial charge is 0.0693 e. The highest BCUT2D eigenvalue weighted by Crippen LogP contribution is 2.12. The highest BCUT2D eigenvalue weighted by Gasteiger charge is 2.02. The standard InChI is InChI=1S/C12H17N3/c1-4-11-7-13-15-9-10(8-14(2)3)5-6-12(11)15/h5-7,9H,4,8H2,1-3H3. The first kappa shape index (κ1) is 10.2. The van der Waals surface area contributed by atoms with Crippen LogP contribution in [0.25, 0.3) is 5.52 Å². The summed E-state index contributed by atoms with van der Waals surface area (Å²) in [5, 5.41) is 4.36. The van der Waals surface area contributed by atoms with E-state index in [2.05, 4.69) is 49.3 Å². The maximum atomic E-state index is 4.36. The fourth-order valence-electron chi connectivity index (χ4n) is 1.81. The summed E-state index contributed by atoms with van der Waals surface area (Å²) in [6, 6.07) is 4.33. The Morgan fingerprint density at radius 3 is 2.80 bits per heavy atom. The fourth-order valence-corrected chi connectivity index (χ4v) is 1.81. The maximum absolute atomic E-state index is 4.36. The Hall–Kier alpha value is -1.35. The Bertz CT molecular complexity index is 457. The molecule has 15 heavy (non-hydrogen) atoms. The van der Waals surface area contributed by atoms with Crippen LogP contribution in [0.15, 0.2) is 24.5 Å². The minimum Gasteiger partial charge on any atom is -0.305 e. The van der Waals surface area contributed by atoms with Crippen molar-refractivity contribution in [1.82, 2.24) is 14.5 Å². The molecule has 0 bridgehead atoms. The third-order valence-electron chi connectivity index (χ3n) is 2.54.